The van der Waals surface area contributed by atoms with E-state index in [2.05, 4.69) is 26.0 Å². The topological polar surface area (TPSA) is 80.9 Å². The predicted octanol–water partition coefficient (Wildman–Crippen LogP) is 2.99. The lowest BCUT2D eigenvalue weighted by Crippen LogP contribution is -2.57. The minimum atomic E-state index is -0.455. The van der Waals surface area contributed by atoms with E-state index in [9.17, 15) is 4.79 Å². The first kappa shape index (κ1) is 19.8. The number of pyridine rings is 1. The van der Waals surface area contributed by atoms with E-state index in [1.165, 1.54) is 7.11 Å². The number of benzene rings is 1. The first-order valence-corrected chi connectivity index (χ1v) is 10.7. The molecule has 0 bridgehead atoms. The van der Waals surface area contributed by atoms with Crippen molar-refractivity contribution in [3.63, 3.8) is 0 Å². The number of esters is 1. The lowest BCUT2D eigenvalue weighted by molar-refractivity contribution is 0.0589. The van der Waals surface area contributed by atoms with Crippen LogP contribution in [0.4, 0.5) is 5.82 Å². The second-order valence-electron chi connectivity index (χ2n) is 8.20. The molecule has 2 aliphatic rings. The first-order valence-electron chi connectivity index (χ1n) is 10.7. The SMILES string of the molecule is COC(=O)c1cccc(OCC2CCC3CN(c4noc5ccccc45)CCN3C2)n1. The minimum absolute atomic E-state index is 0.264. The van der Waals surface area contributed by atoms with E-state index in [1.54, 1.807) is 18.2 Å². The molecule has 2 saturated heterocycles. The third-order valence-electron chi connectivity index (χ3n) is 6.25. The monoisotopic (exact) mass is 422 g/mol. The molecule has 0 amide bonds. The maximum absolute atomic E-state index is 11.7. The largest absolute Gasteiger partial charge is 0.477 e. The van der Waals surface area contributed by atoms with Crippen molar-refractivity contribution >= 4 is 22.8 Å². The Bertz CT molecular complexity index is 1070. The molecule has 31 heavy (non-hydrogen) atoms. The standard InChI is InChI=1S/C23H26N4O4/c1-29-23(28)19-6-4-8-21(24-19)30-15-16-9-10-17-14-27(12-11-26(17)13-16)22-18-5-2-3-7-20(18)31-25-22/h2-8,16-17H,9-15H2,1H3. The molecule has 0 saturated carbocycles. The van der Waals surface area contributed by atoms with E-state index < -0.39 is 5.97 Å². The molecule has 0 aliphatic carbocycles. The van der Waals surface area contributed by atoms with E-state index in [0.717, 1.165) is 55.8 Å². The number of hydrogen-bond donors (Lipinski definition) is 0. The molecule has 2 unspecified atom stereocenters. The third kappa shape index (κ3) is 4.07. The summed E-state index contributed by atoms with van der Waals surface area (Å²) < 4.78 is 16.1. The summed E-state index contributed by atoms with van der Waals surface area (Å²) in [5.74, 6) is 1.41. The van der Waals surface area contributed by atoms with Gasteiger partial charge in [-0.15, -0.1) is 0 Å². The fourth-order valence-electron chi connectivity index (χ4n) is 4.60. The highest BCUT2D eigenvalue weighted by Crippen LogP contribution is 2.31. The number of anilines is 1. The van der Waals surface area contributed by atoms with Crippen LogP contribution in [0.3, 0.4) is 0 Å². The molecule has 1 aromatic carbocycles. The molecule has 162 valence electrons. The van der Waals surface area contributed by atoms with Crippen LogP contribution in [0.25, 0.3) is 11.0 Å². The summed E-state index contributed by atoms with van der Waals surface area (Å²) in [6.07, 6.45) is 2.22. The summed E-state index contributed by atoms with van der Waals surface area (Å²) in [7, 11) is 1.35. The Morgan fingerprint density at radius 1 is 1.13 bits per heavy atom. The molecule has 4 heterocycles. The number of piperidine rings is 1. The number of nitrogens with zero attached hydrogens (tertiary/aromatic N) is 4. The molecule has 0 spiro atoms. The molecule has 0 N–H and O–H groups in total. The Kier molecular flexibility index (Phi) is 5.46. The van der Waals surface area contributed by atoms with E-state index in [-0.39, 0.29) is 5.69 Å². The van der Waals surface area contributed by atoms with Gasteiger partial charge in [0.05, 0.1) is 19.1 Å². The van der Waals surface area contributed by atoms with Crippen LogP contribution in [0, 0.1) is 5.92 Å². The van der Waals surface area contributed by atoms with Crippen molar-refractivity contribution in [3.8, 4) is 5.88 Å². The molecule has 0 radical (unpaired) electrons. The molecular weight excluding hydrogens is 396 g/mol. The zero-order chi connectivity index (χ0) is 21.2. The van der Waals surface area contributed by atoms with Gasteiger partial charge in [0.15, 0.2) is 17.1 Å². The number of hydrogen-bond acceptors (Lipinski definition) is 8. The second kappa shape index (κ2) is 8.55. The Hall–Kier alpha value is -3.13. The van der Waals surface area contributed by atoms with Gasteiger partial charge in [0.25, 0.3) is 0 Å². The molecule has 2 fully saturated rings. The summed E-state index contributed by atoms with van der Waals surface area (Å²) in [5.41, 5.74) is 1.10. The zero-order valence-electron chi connectivity index (χ0n) is 17.6. The van der Waals surface area contributed by atoms with Gasteiger partial charge in [-0.3, -0.25) is 4.90 Å². The lowest BCUT2D eigenvalue weighted by Gasteiger charge is -2.46. The average Bonchev–Trinajstić information content (AvgIpc) is 3.26. The van der Waals surface area contributed by atoms with Crippen molar-refractivity contribution in [2.75, 3.05) is 44.8 Å². The van der Waals surface area contributed by atoms with Gasteiger partial charge in [0.1, 0.15) is 0 Å². The second-order valence-corrected chi connectivity index (χ2v) is 8.20. The number of methoxy groups -OCH3 is 1. The van der Waals surface area contributed by atoms with Gasteiger partial charge >= 0.3 is 5.97 Å². The van der Waals surface area contributed by atoms with E-state index in [4.69, 9.17) is 14.0 Å². The Morgan fingerprint density at radius 3 is 2.94 bits per heavy atom. The van der Waals surface area contributed by atoms with Gasteiger partial charge in [-0.1, -0.05) is 23.4 Å². The third-order valence-corrected chi connectivity index (χ3v) is 6.25. The fraction of sp³-hybridized carbons (Fsp3) is 0.435. The van der Waals surface area contributed by atoms with Gasteiger partial charge in [-0.2, -0.15) is 0 Å². The lowest BCUT2D eigenvalue weighted by atomic mass is 9.91. The smallest absolute Gasteiger partial charge is 0.356 e. The average molecular weight is 422 g/mol. The predicted molar refractivity (Wildman–Crippen MR) is 115 cm³/mol. The number of piperazine rings is 1. The Labute approximate surface area is 180 Å². The van der Waals surface area contributed by atoms with Crippen LogP contribution in [-0.2, 0) is 4.74 Å². The van der Waals surface area contributed by atoms with Crippen molar-refractivity contribution in [3.05, 3.63) is 48.2 Å². The van der Waals surface area contributed by atoms with Crippen LogP contribution in [0.15, 0.2) is 47.0 Å². The Balaban J connectivity index is 1.17. The van der Waals surface area contributed by atoms with Gasteiger partial charge < -0.3 is 18.9 Å². The van der Waals surface area contributed by atoms with Crippen molar-refractivity contribution in [2.24, 2.45) is 5.92 Å². The molecular formula is C23H26N4O4. The number of carbonyl (C=O) groups is 1. The minimum Gasteiger partial charge on any atom is -0.477 e. The summed E-state index contributed by atoms with van der Waals surface area (Å²) in [5, 5.41) is 5.42. The van der Waals surface area contributed by atoms with E-state index >= 15 is 0 Å². The maximum atomic E-state index is 11.7. The highest BCUT2D eigenvalue weighted by molar-refractivity contribution is 5.88. The maximum Gasteiger partial charge on any atom is 0.356 e. The molecule has 2 aliphatic heterocycles. The van der Waals surface area contributed by atoms with Gasteiger partial charge in [-0.25, -0.2) is 9.78 Å². The molecule has 2 aromatic heterocycles. The number of rotatable bonds is 5. The summed E-state index contributed by atoms with van der Waals surface area (Å²) in [6, 6.07) is 13.7. The van der Waals surface area contributed by atoms with Gasteiger partial charge in [-0.05, 0) is 31.0 Å². The van der Waals surface area contributed by atoms with Gasteiger partial charge in [0.2, 0.25) is 5.88 Å². The number of fused-ring (bicyclic) bond motifs is 2. The van der Waals surface area contributed by atoms with Crippen molar-refractivity contribution in [1.29, 1.82) is 0 Å². The van der Waals surface area contributed by atoms with E-state index in [0.29, 0.717) is 24.4 Å². The number of para-hydroxylation sites is 1. The molecule has 3 aromatic rings. The molecule has 5 rings (SSSR count). The number of carbonyl (C=O) groups excluding carboxylic acids is 1. The highest BCUT2D eigenvalue weighted by atomic mass is 16.5. The van der Waals surface area contributed by atoms with Crippen molar-refractivity contribution < 1.29 is 18.8 Å². The first-order chi connectivity index (χ1) is 15.2. The van der Waals surface area contributed by atoms with Crippen LogP contribution >= 0.6 is 0 Å². The number of aromatic nitrogens is 2. The van der Waals surface area contributed by atoms with Crippen molar-refractivity contribution in [1.82, 2.24) is 15.0 Å². The Morgan fingerprint density at radius 2 is 2.03 bits per heavy atom. The van der Waals surface area contributed by atoms with Crippen LogP contribution in [0.2, 0.25) is 0 Å². The van der Waals surface area contributed by atoms with E-state index in [1.807, 2.05) is 18.2 Å². The zero-order valence-corrected chi connectivity index (χ0v) is 17.6. The van der Waals surface area contributed by atoms with Crippen LogP contribution in [0.5, 0.6) is 5.88 Å². The highest BCUT2D eigenvalue weighted by Gasteiger charge is 2.34. The fourth-order valence-corrected chi connectivity index (χ4v) is 4.60. The normalized spacial score (nSPS) is 21.6. The number of ether oxygens (including phenoxy) is 2. The van der Waals surface area contributed by atoms with Gasteiger partial charge in [0, 0.05) is 44.2 Å². The van der Waals surface area contributed by atoms with Crippen molar-refractivity contribution in [2.45, 2.75) is 18.9 Å². The summed E-state index contributed by atoms with van der Waals surface area (Å²) >= 11 is 0. The molecule has 8 heteroatoms. The summed E-state index contributed by atoms with van der Waals surface area (Å²) in [6.45, 7) is 4.50. The van der Waals surface area contributed by atoms with Crippen LogP contribution in [0.1, 0.15) is 23.3 Å². The quantitative estimate of drug-likeness (QED) is 0.581. The molecule has 8 nitrogen and oxygen atoms in total. The van der Waals surface area contributed by atoms with Crippen LogP contribution < -0.4 is 9.64 Å². The summed E-state index contributed by atoms with van der Waals surface area (Å²) in [4.78, 5) is 20.8. The van der Waals surface area contributed by atoms with Crippen LogP contribution in [-0.4, -0.2) is 66.9 Å². The molecule has 2 atom stereocenters.